The third-order valence-corrected chi connectivity index (χ3v) is 4.18. The van der Waals surface area contributed by atoms with Gasteiger partial charge < -0.3 is 10.1 Å². The first-order valence-electron chi connectivity index (χ1n) is 8.59. The van der Waals surface area contributed by atoms with Crippen LogP contribution in [0.3, 0.4) is 0 Å². The molecular formula is C19H20N4O4. The van der Waals surface area contributed by atoms with Crippen molar-refractivity contribution in [2.75, 3.05) is 13.2 Å². The largest absolute Gasteiger partial charge is 0.492 e. The lowest BCUT2D eigenvalue weighted by atomic mass is 10.0. The van der Waals surface area contributed by atoms with Crippen LogP contribution < -0.4 is 10.1 Å². The second-order valence-corrected chi connectivity index (χ2v) is 6.39. The molecule has 0 atom stereocenters. The van der Waals surface area contributed by atoms with Crippen LogP contribution in [0.4, 0.5) is 5.69 Å². The van der Waals surface area contributed by atoms with E-state index in [1.807, 2.05) is 24.3 Å². The smallest absolute Gasteiger partial charge is 0.272 e. The van der Waals surface area contributed by atoms with Crippen LogP contribution in [0.5, 0.6) is 5.75 Å². The van der Waals surface area contributed by atoms with Crippen LogP contribution in [0.15, 0.2) is 42.5 Å². The van der Waals surface area contributed by atoms with Gasteiger partial charge in [-0.3, -0.25) is 20.0 Å². The molecule has 0 saturated heterocycles. The Balaban J connectivity index is 1.57. The summed E-state index contributed by atoms with van der Waals surface area (Å²) in [5.74, 6) is 0.771. The van der Waals surface area contributed by atoms with E-state index in [4.69, 9.17) is 4.74 Å². The molecule has 8 heteroatoms. The number of nitro groups is 1. The van der Waals surface area contributed by atoms with Crippen molar-refractivity contribution in [3.05, 3.63) is 63.8 Å². The molecule has 2 aromatic carbocycles. The van der Waals surface area contributed by atoms with E-state index >= 15 is 0 Å². The zero-order valence-corrected chi connectivity index (χ0v) is 15.1. The monoisotopic (exact) mass is 368 g/mol. The van der Waals surface area contributed by atoms with Crippen LogP contribution >= 0.6 is 0 Å². The summed E-state index contributed by atoms with van der Waals surface area (Å²) in [7, 11) is 0. The highest BCUT2D eigenvalue weighted by Crippen LogP contribution is 2.22. The molecule has 2 N–H and O–H groups in total. The Kier molecular flexibility index (Phi) is 5.35. The molecule has 3 aromatic rings. The van der Waals surface area contributed by atoms with E-state index in [1.54, 1.807) is 0 Å². The molecular weight excluding hydrogens is 348 g/mol. The van der Waals surface area contributed by atoms with E-state index in [0.29, 0.717) is 23.4 Å². The van der Waals surface area contributed by atoms with Gasteiger partial charge in [-0.1, -0.05) is 26.0 Å². The summed E-state index contributed by atoms with van der Waals surface area (Å²) in [5.41, 5.74) is 1.82. The van der Waals surface area contributed by atoms with Crippen molar-refractivity contribution in [1.29, 1.82) is 0 Å². The van der Waals surface area contributed by atoms with Crippen molar-refractivity contribution >= 4 is 22.5 Å². The molecule has 0 aliphatic heterocycles. The number of non-ortho nitro benzene ring substituents is 1. The lowest BCUT2D eigenvalue weighted by Gasteiger charge is -2.09. The number of carbonyl (C=O) groups is 1. The minimum absolute atomic E-state index is 0.0915. The SMILES string of the molecule is CC(C)c1ccc(OCCNC(=O)c2n[nH]c3ccc([N+](=O)[O-])cc23)cc1. The summed E-state index contributed by atoms with van der Waals surface area (Å²) < 4.78 is 5.61. The van der Waals surface area contributed by atoms with Crippen molar-refractivity contribution in [3.8, 4) is 5.75 Å². The summed E-state index contributed by atoms with van der Waals surface area (Å²) in [6.45, 7) is 4.83. The molecule has 1 heterocycles. The molecule has 0 fully saturated rings. The predicted molar refractivity (Wildman–Crippen MR) is 101 cm³/mol. The lowest BCUT2D eigenvalue weighted by molar-refractivity contribution is -0.384. The van der Waals surface area contributed by atoms with E-state index in [-0.39, 0.29) is 17.9 Å². The number of carbonyl (C=O) groups excluding carboxylic acids is 1. The molecule has 0 saturated carbocycles. The molecule has 1 amide bonds. The predicted octanol–water partition coefficient (Wildman–Crippen LogP) is 3.40. The van der Waals surface area contributed by atoms with Crippen LogP contribution in [0.1, 0.15) is 35.8 Å². The van der Waals surface area contributed by atoms with Gasteiger partial charge >= 0.3 is 0 Å². The highest BCUT2D eigenvalue weighted by Gasteiger charge is 2.17. The van der Waals surface area contributed by atoms with Crippen molar-refractivity contribution < 1.29 is 14.5 Å². The molecule has 0 spiro atoms. The van der Waals surface area contributed by atoms with Crippen molar-refractivity contribution in [2.45, 2.75) is 19.8 Å². The molecule has 0 aliphatic carbocycles. The fourth-order valence-electron chi connectivity index (χ4n) is 2.65. The number of amides is 1. The fraction of sp³-hybridized carbons (Fsp3) is 0.263. The molecule has 0 aliphatic rings. The quantitative estimate of drug-likeness (QED) is 0.377. The van der Waals surface area contributed by atoms with Gasteiger partial charge in [0.15, 0.2) is 5.69 Å². The summed E-state index contributed by atoms with van der Waals surface area (Å²) in [6.07, 6.45) is 0. The summed E-state index contributed by atoms with van der Waals surface area (Å²) >= 11 is 0. The van der Waals surface area contributed by atoms with Crippen LogP contribution in [-0.2, 0) is 0 Å². The highest BCUT2D eigenvalue weighted by molar-refractivity contribution is 6.05. The number of hydrogen-bond acceptors (Lipinski definition) is 5. The molecule has 8 nitrogen and oxygen atoms in total. The molecule has 27 heavy (non-hydrogen) atoms. The van der Waals surface area contributed by atoms with Gasteiger partial charge in [-0.25, -0.2) is 0 Å². The molecule has 1 aromatic heterocycles. The Bertz CT molecular complexity index is 964. The van der Waals surface area contributed by atoms with Crippen LogP contribution in [0, 0.1) is 10.1 Å². The maximum absolute atomic E-state index is 12.3. The topological polar surface area (TPSA) is 110 Å². The van der Waals surface area contributed by atoms with Gasteiger partial charge in [0.1, 0.15) is 12.4 Å². The first-order chi connectivity index (χ1) is 13.0. The number of hydrogen-bond donors (Lipinski definition) is 2. The average molecular weight is 368 g/mol. The van der Waals surface area contributed by atoms with E-state index < -0.39 is 10.8 Å². The normalized spacial score (nSPS) is 10.9. The number of rotatable bonds is 7. The molecule has 0 bridgehead atoms. The number of ether oxygens (including phenoxy) is 1. The van der Waals surface area contributed by atoms with E-state index in [0.717, 1.165) is 5.75 Å². The van der Waals surface area contributed by atoms with Gasteiger partial charge in [-0.2, -0.15) is 5.10 Å². The first kappa shape index (κ1) is 18.4. The molecule has 140 valence electrons. The van der Waals surface area contributed by atoms with E-state index in [2.05, 4.69) is 29.4 Å². The lowest BCUT2D eigenvalue weighted by Crippen LogP contribution is -2.28. The number of aromatic nitrogens is 2. The van der Waals surface area contributed by atoms with E-state index in [9.17, 15) is 14.9 Å². The fourth-order valence-corrected chi connectivity index (χ4v) is 2.65. The maximum atomic E-state index is 12.3. The van der Waals surface area contributed by atoms with Gasteiger partial charge in [-0.05, 0) is 29.7 Å². The van der Waals surface area contributed by atoms with E-state index in [1.165, 1.54) is 23.8 Å². The van der Waals surface area contributed by atoms with Crippen molar-refractivity contribution in [1.82, 2.24) is 15.5 Å². The van der Waals surface area contributed by atoms with Gasteiger partial charge in [0.05, 0.1) is 17.0 Å². The number of benzene rings is 2. The summed E-state index contributed by atoms with van der Waals surface area (Å²) in [4.78, 5) is 22.7. The van der Waals surface area contributed by atoms with Gasteiger partial charge in [0.2, 0.25) is 0 Å². The number of nitrogens with one attached hydrogen (secondary N) is 2. The first-order valence-corrected chi connectivity index (χ1v) is 8.59. The summed E-state index contributed by atoms with van der Waals surface area (Å²) in [6, 6.07) is 12.1. The van der Waals surface area contributed by atoms with Crippen LogP contribution in [0.2, 0.25) is 0 Å². The average Bonchev–Trinajstić information content (AvgIpc) is 3.08. The van der Waals surface area contributed by atoms with Crippen LogP contribution in [0.25, 0.3) is 10.9 Å². The Hall–Kier alpha value is -3.42. The second kappa shape index (κ2) is 7.86. The minimum Gasteiger partial charge on any atom is -0.492 e. The molecule has 0 unspecified atom stereocenters. The number of aromatic amines is 1. The zero-order chi connectivity index (χ0) is 19.4. The Morgan fingerprint density at radius 1 is 1.26 bits per heavy atom. The summed E-state index contributed by atoms with van der Waals surface area (Å²) in [5, 5.41) is 20.7. The third kappa shape index (κ3) is 4.22. The zero-order valence-electron chi connectivity index (χ0n) is 15.1. The number of H-pyrrole nitrogens is 1. The number of nitrogens with zero attached hydrogens (tertiary/aromatic N) is 2. The van der Waals surface area contributed by atoms with Gasteiger partial charge in [-0.15, -0.1) is 0 Å². The number of fused-ring (bicyclic) bond motifs is 1. The van der Waals surface area contributed by atoms with Crippen molar-refractivity contribution in [2.24, 2.45) is 0 Å². The molecule has 3 rings (SSSR count). The van der Waals surface area contributed by atoms with Gasteiger partial charge in [0.25, 0.3) is 11.6 Å². The van der Waals surface area contributed by atoms with Gasteiger partial charge in [0, 0.05) is 17.5 Å². The van der Waals surface area contributed by atoms with Crippen LogP contribution in [-0.4, -0.2) is 34.2 Å². The second-order valence-electron chi connectivity index (χ2n) is 6.39. The highest BCUT2D eigenvalue weighted by atomic mass is 16.6. The standard InChI is InChI=1S/C19H20N4O4/c1-12(2)13-3-6-15(7-4-13)27-10-9-20-19(24)18-16-11-14(23(25)26)5-8-17(16)21-22-18/h3-8,11-12H,9-10H2,1-2H3,(H,20,24)(H,21,22). The Morgan fingerprint density at radius 3 is 2.67 bits per heavy atom. The number of nitro benzene ring substituents is 1. The van der Waals surface area contributed by atoms with Crippen molar-refractivity contribution in [3.63, 3.8) is 0 Å². The third-order valence-electron chi connectivity index (χ3n) is 4.18. The Labute approximate surface area is 155 Å². The Morgan fingerprint density at radius 2 is 2.00 bits per heavy atom. The minimum atomic E-state index is -0.507. The molecule has 0 radical (unpaired) electrons. The maximum Gasteiger partial charge on any atom is 0.272 e.